The van der Waals surface area contributed by atoms with Gasteiger partial charge >= 0.3 is 0 Å². The Balaban J connectivity index is 2.10. The van der Waals surface area contributed by atoms with Gasteiger partial charge in [-0.3, -0.25) is 0 Å². The van der Waals surface area contributed by atoms with Gasteiger partial charge in [0.2, 0.25) is 0 Å². The molecule has 5 heteroatoms. The van der Waals surface area contributed by atoms with Crippen LogP contribution >= 0.6 is 27.7 Å². The Labute approximate surface area is 96.4 Å². The van der Waals surface area contributed by atoms with Gasteiger partial charge < -0.3 is 4.90 Å². The van der Waals surface area contributed by atoms with E-state index in [1.54, 1.807) is 6.20 Å². The molecule has 2 rings (SSSR count). The second-order valence-electron chi connectivity index (χ2n) is 3.32. The van der Waals surface area contributed by atoms with Crippen molar-refractivity contribution >= 4 is 33.5 Å². The lowest BCUT2D eigenvalue weighted by Crippen LogP contribution is -2.37. The SMILES string of the molecule is CC1CN(c2cnc(Br)cn2)CCS1. The lowest BCUT2D eigenvalue weighted by molar-refractivity contribution is 0.766. The summed E-state index contributed by atoms with van der Waals surface area (Å²) in [7, 11) is 0. The zero-order chi connectivity index (χ0) is 9.97. The minimum absolute atomic E-state index is 0.689. The van der Waals surface area contributed by atoms with Crippen molar-refractivity contribution in [3.8, 4) is 0 Å². The minimum atomic E-state index is 0.689. The molecule has 1 fully saturated rings. The fraction of sp³-hybridized carbons (Fsp3) is 0.556. The Hall–Kier alpha value is -0.290. The first-order valence-corrected chi connectivity index (χ1v) is 6.44. The van der Waals surface area contributed by atoms with Crippen LogP contribution in [0.25, 0.3) is 0 Å². The average Bonchev–Trinajstić information content (AvgIpc) is 2.19. The van der Waals surface area contributed by atoms with E-state index in [0.29, 0.717) is 5.25 Å². The van der Waals surface area contributed by atoms with Gasteiger partial charge in [-0.25, -0.2) is 9.97 Å². The van der Waals surface area contributed by atoms with E-state index < -0.39 is 0 Å². The largest absolute Gasteiger partial charge is 0.353 e. The highest BCUT2D eigenvalue weighted by Gasteiger charge is 2.17. The summed E-state index contributed by atoms with van der Waals surface area (Å²) in [6.45, 7) is 4.40. The summed E-state index contributed by atoms with van der Waals surface area (Å²) in [6, 6.07) is 0. The molecular formula is C9H12BrN3S. The maximum Gasteiger partial charge on any atom is 0.147 e. The Kier molecular flexibility index (Phi) is 3.28. The second kappa shape index (κ2) is 4.49. The van der Waals surface area contributed by atoms with Gasteiger partial charge in [-0.15, -0.1) is 0 Å². The Bertz CT molecular complexity index is 303. The van der Waals surface area contributed by atoms with Crippen LogP contribution in [-0.4, -0.2) is 34.1 Å². The van der Waals surface area contributed by atoms with Gasteiger partial charge in [0.25, 0.3) is 0 Å². The topological polar surface area (TPSA) is 29.0 Å². The van der Waals surface area contributed by atoms with E-state index in [1.165, 1.54) is 5.75 Å². The maximum absolute atomic E-state index is 4.34. The Morgan fingerprint density at radius 1 is 1.50 bits per heavy atom. The molecule has 0 amide bonds. The molecule has 0 saturated carbocycles. The van der Waals surface area contributed by atoms with E-state index >= 15 is 0 Å². The van der Waals surface area contributed by atoms with Crippen molar-refractivity contribution < 1.29 is 0 Å². The number of hydrogen-bond acceptors (Lipinski definition) is 4. The first-order valence-electron chi connectivity index (χ1n) is 4.60. The fourth-order valence-electron chi connectivity index (χ4n) is 1.50. The highest BCUT2D eigenvalue weighted by Crippen LogP contribution is 2.21. The van der Waals surface area contributed by atoms with Gasteiger partial charge in [0.1, 0.15) is 10.4 Å². The summed E-state index contributed by atoms with van der Waals surface area (Å²) in [5.74, 6) is 2.17. The zero-order valence-electron chi connectivity index (χ0n) is 7.98. The number of thioether (sulfide) groups is 1. The van der Waals surface area contributed by atoms with E-state index in [0.717, 1.165) is 23.5 Å². The zero-order valence-corrected chi connectivity index (χ0v) is 10.4. The first kappa shape index (κ1) is 10.2. The van der Waals surface area contributed by atoms with Crippen LogP contribution in [0.2, 0.25) is 0 Å². The standard InChI is InChI=1S/C9H12BrN3S/c1-7-6-13(2-3-14-7)9-5-11-8(10)4-12-9/h4-5,7H,2-3,6H2,1H3. The van der Waals surface area contributed by atoms with E-state index in [2.05, 4.69) is 37.7 Å². The third kappa shape index (κ3) is 2.39. The molecule has 1 aromatic rings. The Morgan fingerprint density at radius 3 is 3.00 bits per heavy atom. The molecule has 0 aromatic carbocycles. The minimum Gasteiger partial charge on any atom is -0.353 e. The highest BCUT2D eigenvalue weighted by atomic mass is 79.9. The summed E-state index contributed by atoms with van der Waals surface area (Å²) in [5.41, 5.74) is 0. The molecule has 1 unspecified atom stereocenters. The molecule has 0 spiro atoms. The molecule has 76 valence electrons. The molecular weight excluding hydrogens is 262 g/mol. The molecule has 0 N–H and O–H groups in total. The van der Waals surface area contributed by atoms with Gasteiger partial charge in [-0.2, -0.15) is 11.8 Å². The molecule has 0 bridgehead atoms. The van der Waals surface area contributed by atoms with Crippen molar-refractivity contribution in [1.82, 2.24) is 9.97 Å². The van der Waals surface area contributed by atoms with Crippen LogP contribution in [0.1, 0.15) is 6.92 Å². The number of aromatic nitrogens is 2. The van der Waals surface area contributed by atoms with Gasteiger partial charge in [0.05, 0.1) is 12.4 Å². The number of rotatable bonds is 1. The summed E-state index contributed by atoms with van der Waals surface area (Å²) >= 11 is 5.31. The molecule has 3 nitrogen and oxygen atoms in total. The smallest absolute Gasteiger partial charge is 0.147 e. The molecule has 1 aromatic heterocycles. The van der Waals surface area contributed by atoms with Crippen molar-refractivity contribution in [3.05, 3.63) is 17.0 Å². The summed E-state index contributed by atoms with van der Waals surface area (Å²) in [5, 5.41) is 0.689. The van der Waals surface area contributed by atoms with Crippen molar-refractivity contribution in [1.29, 1.82) is 0 Å². The highest BCUT2D eigenvalue weighted by molar-refractivity contribution is 9.10. The van der Waals surface area contributed by atoms with E-state index in [4.69, 9.17) is 0 Å². The molecule has 0 radical (unpaired) electrons. The summed E-state index contributed by atoms with van der Waals surface area (Å²) in [6.07, 6.45) is 3.58. The van der Waals surface area contributed by atoms with Crippen LogP contribution in [-0.2, 0) is 0 Å². The molecule has 1 saturated heterocycles. The third-order valence-electron chi connectivity index (χ3n) is 2.17. The maximum atomic E-state index is 4.34. The van der Waals surface area contributed by atoms with Gasteiger partial charge in [-0.05, 0) is 15.9 Å². The second-order valence-corrected chi connectivity index (χ2v) is 5.68. The molecule has 1 aliphatic rings. The van der Waals surface area contributed by atoms with Crippen LogP contribution < -0.4 is 4.90 Å². The normalized spacial score (nSPS) is 22.4. The Morgan fingerprint density at radius 2 is 2.36 bits per heavy atom. The molecule has 14 heavy (non-hydrogen) atoms. The van der Waals surface area contributed by atoms with Crippen LogP contribution in [0.3, 0.4) is 0 Å². The monoisotopic (exact) mass is 273 g/mol. The number of halogens is 1. The summed E-state index contributed by atoms with van der Waals surface area (Å²) < 4.78 is 0.792. The van der Waals surface area contributed by atoms with Crippen molar-refractivity contribution in [3.63, 3.8) is 0 Å². The predicted molar refractivity (Wildman–Crippen MR) is 63.9 cm³/mol. The van der Waals surface area contributed by atoms with Crippen molar-refractivity contribution in [2.24, 2.45) is 0 Å². The number of nitrogens with zero attached hydrogens (tertiary/aromatic N) is 3. The predicted octanol–water partition coefficient (Wildman–Crippen LogP) is 2.18. The average molecular weight is 274 g/mol. The van der Waals surface area contributed by atoms with Crippen molar-refractivity contribution in [2.45, 2.75) is 12.2 Å². The van der Waals surface area contributed by atoms with Gasteiger partial charge in [0, 0.05) is 24.1 Å². The first-order chi connectivity index (χ1) is 6.75. The molecule has 2 heterocycles. The quantitative estimate of drug-likeness (QED) is 0.785. The van der Waals surface area contributed by atoms with Crippen LogP contribution in [0.5, 0.6) is 0 Å². The molecule has 0 aliphatic carbocycles. The molecule has 1 aliphatic heterocycles. The number of hydrogen-bond donors (Lipinski definition) is 0. The van der Waals surface area contributed by atoms with E-state index in [1.807, 2.05) is 18.0 Å². The fourth-order valence-corrected chi connectivity index (χ4v) is 2.71. The van der Waals surface area contributed by atoms with Crippen molar-refractivity contribution in [2.75, 3.05) is 23.7 Å². The van der Waals surface area contributed by atoms with Crippen LogP contribution in [0, 0.1) is 0 Å². The lowest BCUT2D eigenvalue weighted by atomic mass is 10.4. The van der Waals surface area contributed by atoms with E-state index in [9.17, 15) is 0 Å². The summed E-state index contributed by atoms with van der Waals surface area (Å²) in [4.78, 5) is 10.8. The third-order valence-corrected chi connectivity index (χ3v) is 3.72. The van der Waals surface area contributed by atoms with Gasteiger partial charge in [-0.1, -0.05) is 6.92 Å². The molecule has 1 atom stereocenters. The number of anilines is 1. The van der Waals surface area contributed by atoms with E-state index in [-0.39, 0.29) is 0 Å². The lowest BCUT2D eigenvalue weighted by Gasteiger charge is -2.31. The van der Waals surface area contributed by atoms with Gasteiger partial charge in [0.15, 0.2) is 0 Å². The van der Waals surface area contributed by atoms with Crippen LogP contribution in [0.15, 0.2) is 17.0 Å². The van der Waals surface area contributed by atoms with Crippen LogP contribution in [0.4, 0.5) is 5.82 Å².